The number of anilines is 1. The highest BCUT2D eigenvalue weighted by atomic mass is 32.2. The van der Waals surface area contributed by atoms with Crippen molar-refractivity contribution in [3.63, 3.8) is 0 Å². The molecule has 2 aliphatic rings. The van der Waals surface area contributed by atoms with E-state index in [4.69, 9.17) is 10.6 Å². The van der Waals surface area contributed by atoms with Gasteiger partial charge >= 0.3 is 28.2 Å². The van der Waals surface area contributed by atoms with Crippen molar-refractivity contribution in [2.75, 3.05) is 25.4 Å². The van der Waals surface area contributed by atoms with Gasteiger partial charge in [-0.05, 0) is 13.8 Å². The van der Waals surface area contributed by atoms with Gasteiger partial charge in [0, 0.05) is 29.9 Å². The number of aromatic amines is 1. The number of pyridine rings is 1. The van der Waals surface area contributed by atoms with Crippen LogP contribution in [0.25, 0.3) is 0 Å². The number of aromatic hydroxyl groups is 1. The van der Waals surface area contributed by atoms with Crippen LogP contribution in [0.2, 0.25) is 0 Å². The molecule has 0 bridgehead atoms. The summed E-state index contributed by atoms with van der Waals surface area (Å²) in [5, 5.41) is 25.8. The molecular formula is C22H25N9O11S2. The lowest BCUT2D eigenvalue weighted by Crippen LogP contribution is -2.68. The number of carboxylic acids is 1. The summed E-state index contributed by atoms with van der Waals surface area (Å²) in [7, 11) is -4.76. The molecule has 4 rings (SSSR count). The third kappa shape index (κ3) is 6.54. The minimum atomic E-state index is -4.76. The molecule has 22 heteroatoms. The number of nitrogens with zero attached hydrogens (tertiary/aromatic N) is 5. The summed E-state index contributed by atoms with van der Waals surface area (Å²) in [4.78, 5) is 86.8. The normalized spacial score (nSPS) is 17.4. The SMILES string of the molecule is CC(C)(ON=C(C(=O)N[C@H]1CN(C(=O)NS(=O)(=O)N2CCN(Cc3cc(=O)c(O)c[nH]3)C2=O)C1=O)c1csc(N)n1)C(=O)O. The second-order valence-corrected chi connectivity index (χ2v) is 12.3. The Balaban J connectivity index is 1.36. The Hall–Kier alpha value is -5.25. The van der Waals surface area contributed by atoms with E-state index in [9.17, 15) is 47.4 Å². The first-order valence-corrected chi connectivity index (χ1v) is 14.7. The summed E-state index contributed by atoms with van der Waals surface area (Å²) < 4.78 is 27.5. The lowest BCUT2D eigenvalue weighted by atomic mass is 10.1. The van der Waals surface area contributed by atoms with Crippen molar-refractivity contribution >= 4 is 62.2 Å². The number of H-pyrrole nitrogens is 1. The van der Waals surface area contributed by atoms with Gasteiger partial charge in [0.2, 0.25) is 11.0 Å². The van der Waals surface area contributed by atoms with Crippen LogP contribution in [0.3, 0.4) is 0 Å². The van der Waals surface area contributed by atoms with Gasteiger partial charge in [0.1, 0.15) is 11.7 Å². The number of nitrogens with two attached hydrogens (primary N) is 1. The summed E-state index contributed by atoms with van der Waals surface area (Å²) in [5.74, 6) is -3.95. The number of likely N-dealkylation sites (tertiary alicyclic amines) is 1. The number of amides is 6. The number of nitrogens with one attached hydrogen (secondary N) is 3. The summed E-state index contributed by atoms with van der Waals surface area (Å²) in [6.07, 6.45) is 1.02. The zero-order chi connectivity index (χ0) is 32.6. The van der Waals surface area contributed by atoms with Gasteiger partial charge < -0.3 is 36.0 Å². The molecule has 7 N–H and O–H groups in total. The van der Waals surface area contributed by atoms with Gasteiger partial charge in [-0.2, -0.15) is 8.42 Å². The number of carbonyl (C=O) groups excluding carboxylic acids is 4. The predicted octanol–water partition coefficient (Wildman–Crippen LogP) is -2.08. The Morgan fingerprint density at radius 3 is 2.57 bits per heavy atom. The first-order valence-electron chi connectivity index (χ1n) is 12.4. The van der Waals surface area contributed by atoms with Crippen LogP contribution in [0.4, 0.5) is 14.7 Å². The quantitative estimate of drug-likeness (QED) is 0.0911. The Bertz CT molecular complexity index is 1730. The number of aromatic nitrogens is 2. The largest absolute Gasteiger partial charge is 0.503 e. The molecule has 0 aromatic carbocycles. The van der Waals surface area contributed by atoms with Gasteiger partial charge in [0.05, 0.1) is 19.6 Å². The maximum absolute atomic E-state index is 12.9. The number of rotatable bonds is 10. The van der Waals surface area contributed by atoms with Crippen LogP contribution < -0.4 is 21.2 Å². The molecule has 0 unspecified atom stereocenters. The zero-order valence-electron chi connectivity index (χ0n) is 22.8. The van der Waals surface area contributed by atoms with Gasteiger partial charge in [-0.1, -0.05) is 5.16 Å². The van der Waals surface area contributed by atoms with Gasteiger partial charge in [0.15, 0.2) is 16.6 Å². The Morgan fingerprint density at radius 2 is 1.98 bits per heavy atom. The van der Waals surface area contributed by atoms with Crippen LogP contribution in [0, 0.1) is 0 Å². The lowest BCUT2D eigenvalue weighted by Gasteiger charge is -2.36. The molecule has 0 saturated carbocycles. The number of hydrogen-bond donors (Lipinski definition) is 6. The number of β-lactam (4-membered cyclic amide) rings is 1. The molecule has 2 aromatic rings. The van der Waals surface area contributed by atoms with Gasteiger partial charge in [0.25, 0.3) is 11.8 Å². The van der Waals surface area contributed by atoms with Crippen LogP contribution in [0.5, 0.6) is 5.75 Å². The molecule has 2 aromatic heterocycles. The minimum absolute atomic E-state index is 0.0525. The Morgan fingerprint density at radius 1 is 1.27 bits per heavy atom. The molecule has 6 amide bonds. The number of aliphatic carboxylic acids is 1. The molecule has 236 valence electrons. The van der Waals surface area contributed by atoms with E-state index < -0.39 is 75.1 Å². The number of thiazole rings is 1. The van der Waals surface area contributed by atoms with Crippen molar-refractivity contribution in [3.8, 4) is 5.75 Å². The maximum Gasteiger partial charge on any atom is 0.350 e. The smallest absolute Gasteiger partial charge is 0.350 e. The average molecular weight is 656 g/mol. The van der Waals surface area contributed by atoms with Crippen LogP contribution >= 0.6 is 11.3 Å². The van der Waals surface area contributed by atoms with Gasteiger partial charge in [-0.3, -0.25) is 19.3 Å². The highest BCUT2D eigenvalue weighted by Crippen LogP contribution is 2.19. The number of nitrogen functional groups attached to an aromatic ring is 1. The predicted molar refractivity (Wildman–Crippen MR) is 148 cm³/mol. The van der Waals surface area contributed by atoms with E-state index in [0.717, 1.165) is 28.5 Å². The van der Waals surface area contributed by atoms with E-state index in [2.05, 4.69) is 20.4 Å². The van der Waals surface area contributed by atoms with Crippen molar-refractivity contribution in [1.29, 1.82) is 0 Å². The summed E-state index contributed by atoms with van der Waals surface area (Å²) in [5.41, 5.74) is 2.67. The Labute approximate surface area is 251 Å². The zero-order valence-corrected chi connectivity index (χ0v) is 24.5. The maximum atomic E-state index is 12.9. The molecule has 2 fully saturated rings. The van der Waals surface area contributed by atoms with Crippen LogP contribution in [0.15, 0.2) is 27.6 Å². The lowest BCUT2D eigenvalue weighted by molar-refractivity contribution is -0.161. The number of oxime groups is 1. The Kier molecular flexibility index (Phi) is 8.49. The molecular weight excluding hydrogens is 630 g/mol. The third-order valence-electron chi connectivity index (χ3n) is 6.22. The number of hydrogen-bond acceptors (Lipinski definition) is 14. The first-order chi connectivity index (χ1) is 20.5. The van der Waals surface area contributed by atoms with E-state index in [1.807, 2.05) is 0 Å². The van der Waals surface area contributed by atoms with Crippen LogP contribution in [-0.4, -0.2) is 110 Å². The van der Waals surface area contributed by atoms with Crippen molar-refractivity contribution in [2.45, 2.75) is 32.0 Å². The van der Waals surface area contributed by atoms with Crippen LogP contribution in [-0.2, 0) is 36.0 Å². The fraction of sp³-hybridized carbons (Fsp3) is 0.364. The molecule has 0 radical (unpaired) electrons. The molecule has 44 heavy (non-hydrogen) atoms. The molecule has 20 nitrogen and oxygen atoms in total. The molecule has 1 atom stereocenters. The number of carboxylic acid groups (broad SMARTS) is 1. The van der Waals surface area contributed by atoms with Crippen molar-refractivity contribution in [2.24, 2.45) is 5.16 Å². The average Bonchev–Trinajstić information content (AvgIpc) is 3.53. The fourth-order valence-electron chi connectivity index (χ4n) is 3.70. The number of urea groups is 2. The standard InChI is InChI=1S/C22H25N9O11S2/c1-22(2,18(36)37)42-27-15(12-9-43-19(23)26-12)16(34)25-11-8-30(17(11)35)20(38)28-44(40,41)31-4-3-29(21(31)39)7-10-5-13(32)14(33)6-24-10/h5-6,9,11,33H,3-4,7-8H2,1-2H3,(H2,23,26)(H,24,32)(H,25,34)(H,28,38)(H,36,37)/t11-/m0/s1. The van der Waals surface area contributed by atoms with Gasteiger partial charge in [-0.25, -0.2) is 28.4 Å². The van der Waals surface area contributed by atoms with Gasteiger partial charge in [-0.15, -0.1) is 11.3 Å². The van der Waals surface area contributed by atoms with Crippen molar-refractivity contribution in [3.05, 3.63) is 39.3 Å². The van der Waals surface area contributed by atoms with E-state index in [-0.39, 0.29) is 36.2 Å². The monoisotopic (exact) mass is 655 g/mol. The molecule has 2 saturated heterocycles. The van der Waals surface area contributed by atoms with Crippen LogP contribution in [0.1, 0.15) is 25.2 Å². The minimum Gasteiger partial charge on any atom is -0.503 e. The van der Waals surface area contributed by atoms with Crippen molar-refractivity contribution in [1.82, 2.24) is 34.1 Å². The highest BCUT2D eigenvalue weighted by Gasteiger charge is 2.45. The second-order valence-electron chi connectivity index (χ2n) is 9.79. The molecule has 4 heterocycles. The third-order valence-corrected chi connectivity index (χ3v) is 8.24. The topological polar surface area (TPSA) is 287 Å². The number of imide groups is 1. The first kappa shape index (κ1) is 31.7. The van der Waals surface area contributed by atoms with E-state index in [0.29, 0.717) is 9.21 Å². The van der Waals surface area contributed by atoms with E-state index in [1.165, 1.54) is 19.2 Å². The summed E-state index contributed by atoms with van der Waals surface area (Å²) in [6.45, 7) is 1.26. The molecule has 2 aliphatic heterocycles. The second kappa shape index (κ2) is 11.8. The van der Waals surface area contributed by atoms with E-state index in [1.54, 1.807) is 4.72 Å². The fourth-order valence-corrected chi connectivity index (χ4v) is 5.33. The highest BCUT2D eigenvalue weighted by molar-refractivity contribution is 7.88. The number of carbonyl (C=O) groups is 5. The molecule has 0 aliphatic carbocycles. The van der Waals surface area contributed by atoms with Crippen molar-refractivity contribution < 1.29 is 47.4 Å². The summed E-state index contributed by atoms with van der Waals surface area (Å²) in [6, 6.07) is -2.66. The summed E-state index contributed by atoms with van der Waals surface area (Å²) >= 11 is 0.945. The van der Waals surface area contributed by atoms with E-state index >= 15 is 0 Å². The molecule has 0 spiro atoms.